The number of pyridine rings is 1. The molecule has 6 nitrogen and oxygen atoms in total. The number of nitrogens with zero attached hydrogens (tertiary/aromatic N) is 4. The van der Waals surface area contributed by atoms with Gasteiger partial charge in [0.1, 0.15) is 11.9 Å². The fourth-order valence-corrected chi connectivity index (χ4v) is 3.58. The van der Waals surface area contributed by atoms with Gasteiger partial charge in [-0.2, -0.15) is 0 Å². The molecule has 27 heavy (non-hydrogen) atoms. The van der Waals surface area contributed by atoms with Crippen molar-refractivity contribution in [3.63, 3.8) is 0 Å². The van der Waals surface area contributed by atoms with Crippen molar-refractivity contribution in [3.8, 4) is 0 Å². The lowest BCUT2D eigenvalue weighted by molar-refractivity contribution is -0.123. The second kappa shape index (κ2) is 7.78. The SMILES string of the molecule is C[C@@H](C(=O)NCc1ccc(N2CCCCC2)nc1)n1cnc2ccccc21. The maximum Gasteiger partial charge on any atom is 0.243 e. The fourth-order valence-electron chi connectivity index (χ4n) is 3.58. The van der Waals surface area contributed by atoms with E-state index in [1.807, 2.05) is 42.0 Å². The van der Waals surface area contributed by atoms with Crippen LogP contribution in [0.25, 0.3) is 11.0 Å². The van der Waals surface area contributed by atoms with E-state index in [1.165, 1.54) is 19.3 Å². The summed E-state index contributed by atoms with van der Waals surface area (Å²) in [5.74, 6) is 1.00. The van der Waals surface area contributed by atoms with Crippen LogP contribution in [0.4, 0.5) is 5.82 Å². The first-order chi connectivity index (χ1) is 13.2. The van der Waals surface area contributed by atoms with E-state index < -0.39 is 0 Å². The molecule has 1 aliphatic heterocycles. The molecule has 4 rings (SSSR count). The summed E-state index contributed by atoms with van der Waals surface area (Å²) < 4.78 is 1.91. The second-order valence-electron chi connectivity index (χ2n) is 7.11. The molecule has 1 aromatic carbocycles. The molecular weight excluding hydrogens is 338 g/mol. The highest BCUT2D eigenvalue weighted by Crippen LogP contribution is 2.19. The maximum atomic E-state index is 12.6. The number of carbonyl (C=O) groups is 1. The van der Waals surface area contributed by atoms with Gasteiger partial charge in [-0.25, -0.2) is 9.97 Å². The second-order valence-corrected chi connectivity index (χ2v) is 7.11. The van der Waals surface area contributed by atoms with Gasteiger partial charge in [0.05, 0.1) is 17.4 Å². The summed E-state index contributed by atoms with van der Waals surface area (Å²) in [4.78, 5) is 23.9. The maximum absolute atomic E-state index is 12.6. The Hall–Kier alpha value is -2.89. The summed E-state index contributed by atoms with van der Waals surface area (Å²) >= 11 is 0. The van der Waals surface area contributed by atoms with Crippen LogP contribution in [0.1, 0.15) is 37.8 Å². The highest BCUT2D eigenvalue weighted by atomic mass is 16.2. The number of aromatic nitrogens is 3. The molecule has 0 radical (unpaired) electrons. The van der Waals surface area contributed by atoms with Gasteiger partial charge in [-0.05, 0) is 49.9 Å². The Morgan fingerprint density at radius 2 is 1.93 bits per heavy atom. The number of piperidine rings is 1. The summed E-state index contributed by atoms with van der Waals surface area (Å²) in [6, 6.07) is 11.6. The number of anilines is 1. The predicted molar refractivity (Wildman–Crippen MR) is 107 cm³/mol. The van der Waals surface area contributed by atoms with Crippen molar-refractivity contribution in [1.29, 1.82) is 0 Å². The quantitative estimate of drug-likeness (QED) is 0.755. The molecule has 6 heteroatoms. The molecule has 1 N–H and O–H groups in total. The lowest BCUT2D eigenvalue weighted by Gasteiger charge is -2.27. The minimum atomic E-state index is -0.321. The molecule has 0 bridgehead atoms. The third-order valence-corrected chi connectivity index (χ3v) is 5.23. The van der Waals surface area contributed by atoms with Crippen LogP contribution in [0.15, 0.2) is 48.9 Å². The van der Waals surface area contributed by atoms with E-state index >= 15 is 0 Å². The molecule has 0 spiro atoms. The van der Waals surface area contributed by atoms with Gasteiger partial charge in [0.2, 0.25) is 5.91 Å². The molecule has 0 saturated carbocycles. The van der Waals surface area contributed by atoms with Crippen molar-refractivity contribution >= 4 is 22.8 Å². The highest BCUT2D eigenvalue weighted by Gasteiger charge is 2.17. The minimum absolute atomic E-state index is 0.0294. The Bertz CT molecular complexity index is 912. The minimum Gasteiger partial charge on any atom is -0.357 e. The van der Waals surface area contributed by atoms with E-state index in [4.69, 9.17) is 0 Å². The monoisotopic (exact) mass is 363 g/mol. The van der Waals surface area contributed by atoms with Gasteiger partial charge in [-0.15, -0.1) is 0 Å². The fraction of sp³-hybridized carbons (Fsp3) is 0.381. The first kappa shape index (κ1) is 17.5. The van der Waals surface area contributed by atoms with E-state index in [1.54, 1.807) is 6.33 Å². The number of nitrogens with one attached hydrogen (secondary N) is 1. The summed E-state index contributed by atoms with van der Waals surface area (Å²) in [5.41, 5.74) is 2.87. The molecule has 0 unspecified atom stereocenters. The number of carbonyl (C=O) groups excluding carboxylic acids is 1. The van der Waals surface area contributed by atoms with Crippen molar-refractivity contribution < 1.29 is 4.79 Å². The molecule has 1 aliphatic rings. The van der Waals surface area contributed by atoms with Crippen molar-refractivity contribution in [2.45, 2.75) is 38.8 Å². The number of rotatable bonds is 5. The summed E-state index contributed by atoms with van der Waals surface area (Å²) in [5, 5.41) is 3.01. The molecule has 2 aromatic heterocycles. The van der Waals surface area contributed by atoms with Gasteiger partial charge in [-0.3, -0.25) is 4.79 Å². The van der Waals surface area contributed by atoms with Crippen LogP contribution < -0.4 is 10.2 Å². The van der Waals surface area contributed by atoms with Crippen molar-refractivity contribution in [2.24, 2.45) is 0 Å². The molecule has 1 fully saturated rings. The highest BCUT2D eigenvalue weighted by molar-refractivity contribution is 5.83. The van der Waals surface area contributed by atoms with Crippen LogP contribution in [0.3, 0.4) is 0 Å². The van der Waals surface area contributed by atoms with E-state index in [0.717, 1.165) is 35.5 Å². The first-order valence-corrected chi connectivity index (χ1v) is 9.61. The predicted octanol–water partition coefficient (Wildman–Crippen LogP) is 3.30. The standard InChI is InChI=1S/C21H25N5O/c1-16(26-15-24-18-7-3-4-8-19(18)26)21(27)23-14-17-9-10-20(22-13-17)25-11-5-2-6-12-25/h3-4,7-10,13,15-16H,2,5-6,11-12,14H2,1H3,(H,23,27)/t16-/m0/s1. The topological polar surface area (TPSA) is 63.1 Å². The average Bonchev–Trinajstić information content (AvgIpc) is 3.16. The van der Waals surface area contributed by atoms with Crippen molar-refractivity contribution in [2.75, 3.05) is 18.0 Å². The Morgan fingerprint density at radius 1 is 1.11 bits per heavy atom. The lowest BCUT2D eigenvalue weighted by Crippen LogP contribution is -2.31. The Kier molecular flexibility index (Phi) is 5.05. The summed E-state index contributed by atoms with van der Waals surface area (Å²) in [6.07, 6.45) is 7.37. The average molecular weight is 363 g/mol. The Morgan fingerprint density at radius 3 is 2.70 bits per heavy atom. The lowest BCUT2D eigenvalue weighted by atomic mass is 10.1. The van der Waals surface area contributed by atoms with Crippen molar-refractivity contribution in [1.82, 2.24) is 19.9 Å². The van der Waals surface area contributed by atoms with E-state index in [0.29, 0.717) is 6.54 Å². The number of hydrogen-bond acceptors (Lipinski definition) is 4. The van der Waals surface area contributed by atoms with Gasteiger partial charge < -0.3 is 14.8 Å². The zero-order valence-corrected chi connectivity index (χ0v) is 15.6. The number of hydrogen-bond donors (Lipinski definition) is 1. The number of fused-ring (bicyclic) bond motifs is 1. The van der Waals surface area contributed by atoms with Crippen molar-refractivity contribution in [3.05, 3.63) is 54.5 Å². The third kappa shape index (κ3) is 3.79. The number of imidazole rings is 1. The summed E-state index contributed by atoms with van der Waals surface area (Å²) in [7, 11) is 0. The van der Waals surface area contributed by atoms with Gasteiger partial charge in [0.15, 0.2) is 0 Å². The number of benzene rings is 1. The molecule has 3 heterocycles. The molecular formula is C21H25N5O. The van der Waals surface area contributed by atoms with Crippen LogP contribution >= 0.6 is 0 Å². The normalized spacial score (nSPS) is 15.7. The molecule has 0 aliphatic carbocycles. The van der Waals surface area contributed by atoms with Gasteiger partial charge in [0, 0.05) is 25.8 Å². The van der Waals surface area contributed by atoms with E-state index in [9.17, 15) is 4.79 Å². The first-order valence-electron chi connectivity index (χ1n) is 9.61. The third-order valence-electron chi connectivity index (χ3n) is 5.23. The Labute approximate surface area is 159 Å². The molecule has 1 saturated heterocycles. The zero-order chi connectivity index (χ0) is 18.6. The van der Waals surface area contributed by atoms with Crippen LogP contribution in [0.5, 0.6) is 0 Å². The van der Waals surface area contributed by atoms with Crippen LogP contribution in [-0.4, -0.2) is 33.5 Å². The van der Waals surface area contributed by atoms with Gasteiger partial charge >= 0.3 is 0 Å². The van der Waals surface area contributed by atoms with Crippen LogP contribution in [0, 0.1) is 0 Å². The largest absolute Gasteiger partial charge is 0.357 e. The zero-order valence-electron chi connectivity index (χ0n) is 15.6. The van der Waals surface area contributed by atoms with Gasteiger partial charge in [0.25, 0.3) is 0 Å². The van der Waals surface area contributed by atoms with Crippen LogP contribution in [-0.2, 0) is 11.3 Å². The molecule has 1 amide bonds. The smallest absolute Gasteiger partial charge is 0.243 e. The molecule has 140 valence electrons. The number of para-hydroxylation sites is 2. The summed E-state index contributed by atoms with van der Waals surface area (Å²) in [6.45, 7) is 4.53. The molecule has 3 aromatic rings. The van der Waals surface area contributed by atoms with E-state index in [-0.39, 0.29) is 11.9 Å². The Balaban J connectivity index is 1.37. The van der Waals surface area contributed by atoms with E-state index in [2.05, 4.69) is 32.3 Å². The van der Waals surface area contributed by atoms with Crippen LogP contribution in [0.2, 0.25) is 0 Å². The molecule has 1 atom stereocenters. The number of amides is 1. The van der Waals surface area contributed by atoms with Gasteiger partial charge in [-0.1, -0.05) is 18.2 Å².